The predicted octanol–water partition coefficient (Wildman–Crippen LogP) is 11.3. The minimum Gasteiger partial charge on any atom is -0.305 e. The molecular weight excluding hydrogens is 1030 g/mol. The number of carbonyl (C=O) groups is 1. The average molecular weight is 1070 g/mol. The van der Waals surface area contributed by atoms with Crippen molar-refractivity contribution in [3.63, 3.8) is 0 Å². The van der Waals surface area contributed by atoms with Gasteiger partial charge in [-0.2, -0.15) is 0 Å². The van der Waals surface area contributed by atoms with Crippen LogP contribution < -0.4 is 0 Å². The molecule has 2 radical (unpaired) electrons. The van der Waals surface area contributed by atoms with Gasteiger partial charge in [-0.05, 0) is 61.6 Å². The Balaban J connectivity index is 0.000000195. The van der Waals surface area contributed by atoms with Crippen molar-refractivity contribution in [2.24, 2.45) is 0 Å². The second-order valence-electron chi connectivity index (χ2n) is 12.0. The summed E-state index contributed by atoms with van der Waals surface area (Å²) in [6.45, 7) is 6.23. The van der Waals surface area contributed by atoms with Gasteiger partial charge in [-0.1, -0.05) is 109 Å². The van der Waals surface area contributed by atoms with Crippen LogP contribution in [-0.4, -0.2) is 26.2 Å². The molecule has 0 saturated heterocycles. The number of aldehydes is 1. The molecule has 0 amide bonds. The number of carbonyl (C=O) groups excluding carboxylic acids is 1. The van der Waals surface area contributed by atoms with E-state index in [0.717, 1.165) is 40.2 Å². The molecule has 4 aromatic heterocycles. The van der Waals surface area contributed by atoms with E-state index in [-0.39, 0.29) is 40.2 Å². The predicted molar refractivity (Wildman–Crippen MR) is 216 cm³/mol. The van der Waals surface area contributed by atoms with E-state index in [0.29, 0.717) is 5.56 Å². The zero-order valence-corrected chi connectivity index (χ0v) is 35.6. The third kappa shape index (κ3) is 14.7. The number of rotatable bonds is 5. The number of pyridine rings is 4. The maximum atomic E-state index is 10.6. The normalized spacial score (nSPS) is 9.51. The van der Waals surface area contributed by atoms with Gasteiger partial charge in [-0.25, -0.2) is 0 Å². The largest absolute Gasteiger partial charge is 0.305 e. The van der Waals surface area contributed by atoms with Crippen LogP contribution in [0.2, 0.25) is 0 Å². The Morgan fingerprint density at radius 3 is 1.24 bits per heavy atom. The Kier molecular flexibility index (Phi) is 19.1. The van der Waals surface area contributed by atoms with Gasteiger partial charge in [0.1, 0.15) is 6.29 Å². The van der Waals surface area contributed by atoms with Crippen molar-refractivity contribution in [1.82, 2.24) is 19.9 Å². The summed E-state index contributed by atoms with van der Waals surface area (Å²) < 4.78 is 0. The van der Waals surface area contributed by atoms with Crippen LogP contribution in [0.5, 0.6) is 0 Å². The molecule has 5 nitrogen and oxygen atoms in total. The fourth-order valence-corrected chi connectivity index (χ4v) is 4.93. The van der Waals surface area contributed by atoms with Crippen LogP contribution in [0.15, 0.2) is 183 Å². The minimum atomic E-state index is 0. The number of hydrogen-bond acceptors (Lipinski definition) is 5. The summed E-state index contributed by atoms with van der Waals surface area (Å²) >= 11 is 0. The number of aromatic nitrogens is 4. The van der Waals surface area contributed by atoms with Crippen molar-refractivity contribution < 1.29 is 45.0 Å². The molecule has 8 aromatic rings. The number of nitrogens with zero attached hydrogens (tertiary/aromatic N) is 4. The first-order valence-electron chi connectivity index (χ1n) is 17.2. The van der Waals surface area contributed by atoms with E-state index in [2.05, 4.69) is 107 Å². The quantitative estimate of drug-likeness (QED) is 0.127. The Morgan fingerprint density at radius 1 is 0.436 bits per heavy atom. The third-order valence-electron chi connectivity index (χ3n) is 7.84. The summed E-state index contributed by atoms with van der Waals surface area (Å²) in [5, 5.41) is 0. The van der Waals surface area contributed by atoms with Gasteiger partial charge in [0.15, 0.2) is 0 Å². The van der Waals surface area contributed by atoms with Crippen molar-refractivity contribution in [2.45, 2.75) is 20.8 Å². The van der Waals surface area contributed by atoms with Crippen molar-refractivity contribution >= 4 is 6.29 Å². The molecule has 278 valence electrons. The van der Waals surface area contributed by atoms with Crippen LogP contribution in [0.25, 0.3) is 45.0 Å². The van der Waals surface area contributed by atoms with E-state index < -0.39 is 0 Å². The molecule has 0 bridgehead atoms. The molecule has 0 aliphatic carbocycles. The summed E-state index contributed by atoms with van der Waals surface area (Å²) in [4.78, 5) is 27.5. The molecule has 7 heteroatoms. The molecule has 0 N–H and O–H groups in total. The molecule has 4 aromatic carbocycles. The number of aryl methyl sites for hydroxylation is 3. The van der Waals surface area contributed by atoms with Gasteiger partial charge >= 0.3 is 0 Å². The fourth-order valence-electron chi connectivity index (χ4n) is 4.93. The van der Waals surface area contributed by atoms with E-state index >= 15 is 0 Å². The second-order valence-corrected chi connectivity index (χ2v) is 12.0. The minimum absolute atomic E-state index is 0. The SMILES string of the molecule is Cc1c[c-]c(-c2ccccn2)cc1.Cc1ccc(-c2ccccn2)cc1.Cc1ccc(-c2ccccn2)cc1.O=Cc1cc[c-]c(-c2ccccn2)c1.[Ir].[Ir]. The van der Waals surface area contributed by atoms with Gasteiger partial charge in [0.2, 0.25) is 0 Å². The number of benzene rings is 4. The van der Waals surface area contributed by atoms with Crippen molar-refractivity contribution in [1.29, 1.82) is 0 Å². The number of hydrogen-bond donors (Lipinski definition) is 0. The molecule has 0 aliphatic rings. The Bertz CT molecular complexity index is 2050. The van der Waals surface area contributed by atoms with E-state index in [1.54, 1.807) is 30.6 Å². The first-order valence-corrected chi connectivity index (χ1v) is 17.2. The van der Waals surface area contributed by atoms with Crippen molar-refractivity contribution in [2.75, 3.05) is 0 Å². The monoisotopic (exact) mass is 1070 g/mol. The molecule has 0 atom stereocenters. The summed E-state index contributed by atoms with van der Waals surface area (Å²) in [6, 6.07) is 57.8. The molecule has 0 fully saturated rings. The Morgan fingerprint density at radius 2 is 0.855 bits per heavy atom. The van der Waals surface area contributed by atoms with Gasteiger partial charge in [0.05, 0.1) is 11.4 Å². The van der Waals surface area contributed by atoms with Crippen LogP contribution in [0.4, 0.5) is 0 Å². The molecule has 0 saturated carbocycles. The molecular formula is C48H40Ir2N4O-2. The van der Waals surface area contributed by atoms with E-state index in [1.165, 1.54) is 27.8 Å². The molecule has 4 heterocycles. The van der Waals surface area contributed by atoms with Gasteiger partial charge in [-0.15, -0.1) is 65.2 Å². The van der Waals surface area contributed by atoms with Crippen molar-refractivity contribution in [3.8, 4) is 45.0 Å². The zero-order valence-electron chi connectivity index (χ0n) is 30.8. The first kappa shape index (κ1) is 43.9. The van der Waals surface area contributed by atoms with Gasteiger partial charge in [-0.3, -0.25) is 14.8 Å². The third-order valence-corrected chi connectivity index (χ3v) is 7.84. The fraction of sp³-hybridized carbons (Fsp3) is 0.0625. The van der Waals surface area contributed by atoms with Crippen LogP contribution in [0.3, 0.4) is 0 Å². The summed E-state index contributed by atoms with van der Waals surface area (Å²) in [5.41, 5.74) is 12.5. The van der Waals surface area contributed by atoms with Crippen molar-refractivity contribution in [3.05, 3.63) is 217 Å². The van der Waals surface area contributed by atoms with Gasteiger partial charge < -0.3 is 9.97 Å². The Labute approximate surface area is 351 Å². The average Bonchev–Trinajstić information content (AvgIpc) is 3.24. The molecule has 8 rings (SSSR count). The summed E-state index contributed by atoms with van der Waals surface area (Å²) in [5.74, 6) is 0. The topological polar surface area (TPSA) is 68.6 Å². The van der Waals surface area contributed by atoms with E-state index in [9.17, 15) is 4.79 Å². The summed E-state index contributed by atoms with van der Waals surface area (Å²) in [6.07, 6.45) is 7.96. The Hall–Kier alpha value is -5.55. The smallest absolute Gasteiger partial charge is 0.131 e. The zero-order chi connectivity index (χ0) is 37.1. The van der Waals surface area contributed by atoms with Crippen LogP contribution in [0.1, 0.15) is 27.0 Å². The molecule has 0 unspecified atom stereocenters. The van der Waals surface area contributed by atoms with Crippen LogP contribution in [-0.2, 0) is 40.2 Å². The van der Waals surface area contributed by atoms with Crippen LogP contribution >= 0.6 is 0 Å². The van der Waals surface area contributed by atoms with Gasteiger partial charge in [0.25, 0.3) is 0 Å². The molecule has 55 heavy (non-hydrogen) atoms. The van der Waals surface area contributed by atoms with E-state index in [4.69, 9.17) is 0 Å². The molecule has 0 aliphatic heterocycles. The van der Waals surface area contributed by atoms with E-state index in [1.807, 2.05) is 97.3 Å². The molecule has 0 spiro atoms. The first-order chi connectivity index (χ1) is 26.0. The van der Waals surface area contributed by atoms with Crippen LogP contribution in [0, 0.1) is 32.9 Å². The maximum Gasteiger partial charge on any atom is 0.131 e. The maximum absolute atomic E-state index is 10.6. The second kappa shape index (κ2) is 24.0. The standard InChI is InChI=1S/C12H8NO.2C12H11N.C12H10N.2Ir/c14-9-10-4-3-5-11(8-10)12-6-1-2-7-13-12;3*1-10-5-7-11(8-6-10)12-4-2-3-9-13-12;;/h1-4,6-9H;2*2-9H,1H3;2-7,9H,1H3;;/q-1;;;-1;;. The summed E-state index contributed by atoms with van der Waals surface area (Å²) in [7, 11) is 0. The van der Waals surface area contributed by atoms with Gasteiger partial charge in [0, 0.05) is 76.1 Å².